The topological polar surface area (TPSA) is 115 Å². The van der Waals surface area contributed by atoms with Crippen LogP contribution in [0.25, 0.3) is 16.6 Å². The van der Waals surface area contributed by atoms with Crippen LogP contribution in [0.15, 0.2) is 41.3 Å². The fourth-order valence-electron chi connectivity index (χ4n) is 2.03. The molecule has 2 N–H and O–H groups in total. The molecule has 22 heavy (non-hydrogen) atoms. The average molecular weight is 310 g/mol. The molecular formula is C14H11N2NaO5. The van der Waals surface area contributed by atoms with E-state index in [1.54, 1.807) is 18.2 Å². The Morgan fingerprint density at radius 3 is 2.64 bits per heavy atom. The number of benzene rings is 1. The summed E-state index contributed by atoms with van der Waals surface area (Å²) in [6, 6.07) is 7.79. The number of aromatic nitrogens is 2. The largest absolute Gasteiger partial charge is 1.00 e. The molecule has 2 heterocycles. The fourth-order valence-corrected chi connectivity index (χ4v) is 2.03. The van der Waals surface area contributed by atoms with Crippen molar-refractivity contribution in [3.8, 4) is 5.75 Å². The Bertz CT molecular complexity index is 907. The summed E-state index contributed by atoms with van der Waals surface area (Å²) in [6.07, 6.45) is 1.21. The van der Waals surface area contributed by atoms with E-state index in [2.05, 4.69) is 4.98 Å². The minimum atomic E-state index is -1.34. The van der Waals surface area contributed by atoms with Gasteiger partial charge in [0.1, 0.15) is 11.4 Å². The molecule has 0 saturated carbocycles. The van der Waals surface area contributed by atoms with Crippen molar-refractivity contribution in [2.45, 2.75) is 0 Å². The molecule has 0 aliphatic heterocycles. The Labute approximate surface area is 146 Å². The number of aromatic carboxylic acids is 1. The second kappa shape index (κ2) is 6.89. The normalized spacial score (nSPS) is 9.86. The molecule has 2 aromatic heterocycles. The summed E-state index contributed by atoms with van der Waals surface area (Å²) in [6.45, 7) is 0. The van der Waals surface area contributed by atoms with Crippen LogP contribution in [-0.4, -0.2) is 27.9 Å². The number of carboxylic acids is 1. The second-order valence-corrected chi connectivity index (χ2v) is 4.23. The molecule has 0 unspecified atom stereocenters. The summed E-state index contributed by atoms with van der Waals surface area (Å²) in [5, 5.41) is 11.2. The van der Waals surface area contributed by atoms with E-state index < -0.39 is 5.97 Å². The third kappa shape index (κ3) is 2.97. The van der Waals surface area contributed by atoms with Crippen LogP contribution in [0.2, 0.25) is 0 Å². The minimum Gasteiger partial charge on any atom is -0.545 e. The van der Waals surface area contributed by atoms with Crippen LogP contribution in [0.1, 0.15) is 10.4 Å². The van der Waals surface area contributed by atoms with Crippen LogP contribution in [-0.2, 0) is 0 Å². The predicted molar refractivity (Wildman–Crippen MR) is 73.5 cm³/mol. The first-order chi connectivity index (χ1) is 9.60. The Morgan fingerprint density at radius 1 is 1.27 bits per heavy atom. The van der Waals surface area contributed by atoms with Gasteiger partial charge in [-0.15, -0.1) is 0 Å². The van der Waals surface area contributed by atoms with Gasteiger partial charge in [0.05, 0.1) is 24.0 Å². The molecule has 0 fully saturated rings. The van der Waals surface area contributed by atoms with Crippen molar-refractivity contribution < 1.29 is 49.7 Å². The summed E-state index contributed by atoms with van der Waals surface area (Å²) in [5.74, 6) is -0.808. The molecular weight excluding hydrogens is 299 g/mol. The van der Waals surface area contributed by atoms with Crippen molar-refractivity contribution in [3.05, 3.63) is 52.4 Å². The van der Waals surface area contributed by atoms with Gasteiger partial charge in [0.2, 0.25) is 0 Å². The van der Waals surface area contributed by atoms with E-state index in [0.29, 0.717) is 22.3 Å². The van der Waals surface area contributed by atoms with Crippen LogP contribution in [0.5, 0.6) is 5.75 Å². The van der Waals surface area contributed by atoms with Crippen LogP contribution < -0.4 is 45.0 Å². The zero-order valence-corrected chi connectivity index (χ0v) is 14.0. The molecule has 0 bridgehead atoms. The van der Waals surface area contributed by atoms with Gasteiger partial charge < -0.3 is 20.1 Å². The number of fused-ring (bicyclic) bond motifs is 2. The maximum Gasteiger partial charge on any atom is 1.00 e. The number of hydrogen-bond acceptors (Lipinski definition) is 5. The fraction of sp³-hybridized carbons (Fsp3) is 0.0714. The molecule has 3 aromatic rings. The number of pyridine rings is 1. The van der Waals surface area contributed by atoms with E-state index in [9.17, 15) is 14.7 Å². The van der Waals surface area contributed by atoms with E-state index in [1.165, 1.54) is 29.8 Å². The first-order valence-corrected chi connectivity index (χ1v) is 5.81. The van der Waals surface area contributed by atoms with Crippen molar-refractivity contribution in [3.63, 3.8) is 0 Å². The molecule has 0 aliphatic carbocycles. The first kappa shape index (κ1) is 18.1. The number of hydrogen-bond donors (Lipinski definition) is 0. The number of nitrogens with zero attached hydrogens (tertiary/aromatic N) is 2. The molecule has 0 saturated heterocycles. The van der Waals surface area contributed by atoms with Gasteiger partial charge in [0, 0.05) is 11.8 Å². The Morgan fingerprint density at radius 2 is 2.00 bits per heavy atom. The summed E-state index contributed by atoms with van der Waals surface area (Å²) in [5.41, 5.74) is 0.463. The SMILES string of the molecule is COc1ccc2nc3ccc(C(=O)[O-])cn3c(=O)c2c1.O.[Na+]. The van der Waals surface area contributed by atoms with Gasteiger partial charge in [-0.25, -0.2) is 4.98 Å². The van der Waals surface area contributed by atoms with E-state index in [4.69, 9.17) is 4.74 Å². The van der Waals surface area contributed by atoms with Gasteiger partial charge in [-0.1, -0.05) is 0 Å². The number of carbonyl (C=O) groups is 1. The molecule has 7 nitrogen and oxygen atoms in total. The van der Waals surface area contributed by atoms with Crippen molar-refractivity contribution in [2.75, 3.05) is 7.11 Å². The van der Waals surface area contributed by atoms with E-state index in [-0.39, 0.29) is 46.2 Å². The van der Waals surface area contributed by atoms with E-state index >= 15 is 0 Å². The molecule has 1 aromatic carbocycles. The molecule has 108 valence electrons. The third-order valence-electron chi connectivity index (χ3n) is 3.05. The van der Waals surface area contributed by atoms with Gasteiger partial charge in [0.25, 0.3) is 5.56 Å². The first-order valence-electron chi connectivity index (χ1n) is 5.81. The Balaban J connectivity index is 0.00000121. The second-order valence-electron chi connectivity index (χ2n) is 4.23. The zero-order chi connectivity index (χ0) is 14.3. The monoisotopic (exact) mass is 310 g/mol. The van der Waals surface area contributed by atoms with Gasteiger partial charge in [-0.3, -0.25) is 9.20 Å². The maximum atomic E-state index is 12.4. The molecule has 0 aliphatic rings. The molecule has 0 radical (unpaired) electrons. The predicted octanol–water partition coefficient (Wildman–Crippen LogP) is -3.60. The number of rotatable bonds is 2. The van der Waals surface area contributed by atoms with Crippen LogP contribution >= 0.6 is 0 Å². The van der Waals surface area contributed by atoms with Crippen molar-refractivity contribution in [1.82, 2.24) is 9.38 Å². The summed E-state index contributed by atoms with van der Waals surface area (Å²) < 4.78 is 6.26. The molecule has 0 spiro atoms. The van der Waals surface area contributed by atoms with Crippen LogP contribution in [0.4, 0.5) is 0 Å². The van der Waals surface area contributed by atoms with E-state index in [1.807, 2.05) is 0 Å². The van der Waals surface area contributed by atoms with E-state index in [0.717, 1.165) is 0 Å². The summed E-state index contributed by atoms with van der Waals surface area (Å²) in [4.78, 5) is 27.5. The number of ether oxygens (including phenoxy) is 1. The van der Waals surface area contributed by atoms with Crippen molar-refractivity contribution in [2.24, 2.45) is 0 Å². The van der Waals surface area contributed by atoms with Crippen LogP contribution in [0.3, 0.4) is 0 Å². The van der Waals surface area contributed by atoms with Gasteiger partial charge in [-0.05, 0) is 30.3 Å². The standard InChI is InChI=1S/C14H10N2O4.Na.H2O/c1-20-9-3-4-11-10(6-9)13(17)16-7-8(14(18)19)2-5-12(16)15-11;;/h2-7H,1H3,(H,18,19);;1H2/q;+1;/p-1. The van der Waals surface area contributed by atoms with Gasteiger partial charge in [-0.2, -0.15) is 0 Å². The van der Waals surface area contributed by atoms with Crippen molar-refractivity contribution in [1.29, 1.82) is 0 Å². The third-order valence-corrected chi connectivity index (χ3v) is 3.05. The molecule has 3 rings (SSSR count). The number of carbonyl (C=O) groups excluding carboxylic acids is 1. The van der Waals surface area contributed by atoms with Gasteiger partial charge in [0.15, 0.2) is 0 Å². The molecule has 8 heteroatoms. The Hall–Kier alpha value is -1.93. The average Bonchev–Trinajstić information content (AvgIpc) is 2.47. The molecule has 0 amide bonds. The number of carboxylic acid groups (broad SMARTS) is 1. The summed E-state index contributed by atoms with van der Waals surface area (Å²) >= 11 is 0. The quantitative estimate of drug-likeness (QED) is 0.358. The summed E-state index contributed by atoms with van der Waals surface area (Å²) in [7, 11) is 1.50. The smallest absolute Gasteiger partial charge is 0.545 e. The molecule has 0 atom stereocenters. The Kier molecular flexibility index (Phi) is 5.67. The van der Waals surface area contributed by atoms with Gasteiger partial charge >= 0.3 is 29.6 Å². The van der Waals surface area contributed by atoms with Crippen molar-refractivity contribution >= 4 is 22.5 Å². The maximum absolute atomic E-state index is 12.4. The van der Waals surface area contributed by atoms with Crippen LogP contribution in [0, 0.1) is 0 Å². The minimum absolute atomic E-state index is 0. The number of methoxy groups -OCH3 is 1. The zero-order valence-electron chi connectivity index (χ0n) is 12.0.